The monoisotopic (exact) mass is 290 g/mol. The molecule has 1 rings (SSSR count). The van der Waals surface area contributed by atoms with E-state index in [9.17, 15) is 4.79 Å². The Labute approximate surface area is 129 Å². The Balaban J connectivity index is 2.67. The van der Waals surface area contributed by atoms with Crippen molar-refractivity contribution in [3.8, 4) is 0 Å². The quantitative estimate of drug-likeness (QED) is 0.719. The van der Waals surface area contributed by atoms with Gasteiger partial charge in [0, 0.05) is 19.6 Å². The largest absolute Gasteiger partial charge is 0.342 e. The zero-order valence-corrected chi connectivity index (χ0v) is 13.6. The lowest BCUT2D eigenvalue weighted by atomic mass is 9.97. The third-order valence-corrected chi connectivity index (χ3v) is 3.83. The van der Waals surface area contributed by atoms with Crippen LogP contribution in [0.5, 0.6) is 0 Å². The Kier molecular flexibility index (Phi) is 8.76. The predicted octanol–water partition coefficient (Wildman–Crippen LogP) is 3.23. The Morgan fingerprint density at radius 2 is 1.67 bits per heavy atom. The van der Waals surface area contributed by atoms with E-state index in [1.165, 1.54) is 5.56 Å². The molecule has 0 aliphatic heterocycles. The number of hydrogen-bond donors (Lipinski definition) is 1. The molecule has 0 saturated heterocycles. The standard InChI is InChI=1S/C18H30N2O/c1-3-5-12-20(13-6-4-2)18(21)17(15-19)14-16-10-8-7-9-11-16/h7-11,17H,3-6,12-15,19H2,1-2H3. The average molecular weight is 290 g/mol. The Morgan fingerprint density at radius 3 is 2.14 bits per heavy atom. The van der Waals surface area contributed by atoms with Crippen molar-refractivity contribution in [1.29, 1.82) is 0 Å². The molecule has 3 nitrogen and oxygen atoms in total. The van der Waals surface area contributed by atoms with E-state index >= 15 is 0 Å². The molecule has 0 radical (unpaired) electrons. The SMILES string of the molecule is CCCCN(CCCC)C(=O)C(CN)Cc1ccccc1. The second kappa shape index (κ2) is 10.4. The van der Waals surface area contributed by atoms with Crippen LogP contribution < -0.4 is 5.73 Å². The maximum absolute atomic E-state index is 12.7. The van der Waals surface area contributed by atoms with Crippen molar-refractivity contribution >= 4 is 5.91 Å². The van der Waals surface area contributed by atoms with Gasteiger partial charge in [-0.05, 0) is 24.8 Å². The highest BCUT2D eigenvalue weighted by Gasteiger charge is 2.22. The van der Waals surface area contributed by atoms with Crippen molar-refractivity contribution in [2.75, 3.05) is 19.6 Å². The molecule has 0 aliphatic rings. The minimum atomic E-state index is -0.0962. The molecular weight excluding hydrogens is 260 g/mol. The van der Waals surface area contributed by atoms with Crippen LogP contribution in [0.2, 0.25) is 0 Å². The molecule has 0 fully saturated rings. The van der Waals surface area contributed by atoms with Gasteiger partial charge in [-0.2, -0.15) is 0 Å². The van der Waals surface area contributed by atoms with Gasteiger partial charge in [-0.1, -0.05) is 57.0 Å². The molecule has 1 aromatic rings. The van der Waals surface area contributed by atoms with E-state index in [4.69, 9.17) is 5.73 Å². The van der Waals surface area contributed by atoms with Crippen LogP contribution in [0, 0.1) is 5.92 Å². The molecule has 1 aromatic carbocycles. The summed E-state index contributed by atoms with van der Waals surface area (Å²) in [6.45, 7) is 6.46. The summed E-state index contributed by atoms with van der Waals surface area (Å²) in [5.74, 6) is 0.129. The maximum atomic E-state index is 12.7. The highest BCUT2D eigenvalue weighted by molar-refractivity contribution is 5.79. The summed E-state index contributed by atoms with van der Waals surface area (Å²) < 4.78 is 0. The van der Waals surface area contributed by atoms with E-state index in [0.717, 1.165) is 45.2 Å². The molecule has 0 bridgehead atoms. The molecule has 21 heavy (non-hydrogen) atoms. The van der Waals surface area contributed by atoms with E-state index in [1.54, 1.807) is 0 Å². The first kappa shape index (κ1) is 17.7. The van der Waals surface area contributed by atoms with Crippen molar-refractivity contribution < 1.29 is 4.79 Å². The topological polar surface area (TPSA) is 46.3 Å². The lowest BCUT2D eigenvalue weighted by Crippen LogP contribution is -2.41. The van der Waals surface area contributed by atoms with Gasteiger partial charge in [0.1, 0.15) is 0 Å². The number of carbonyl (C=O) groups is 1. The number of amides is 1. The van der Waals surface area contributed by atoms with Crippen LogP contribution in [0.25, 0.3) is 0 Å². The number of hydrogen-bond acceptors (Lipinski definition) is 2. The van der Waals surface area contributed by atoms with Crippen LogP contribution in [-0.4, -0.2) is 30.4 Å². The van der Waals surface area contributed by atoms with Crippen LogP contribution in [0.3, 0.4) is 0 Å². The number of rotatable bonds is 10. The van der Waals surface area contributed by atoms with E-state index < -0.39 is 0 Å². The van der Waals surface area contributed by atoms with Crippen molar-refractivity contribution in [1.82, 2.24) is 4.90 Å². The highest BCUT2D eigenvalue weighted by atomic mass is 16.2. The molecule has 0 saturated carbocycles. The van der Waals surface area contributed by atoms with Crippen molar-refractivity contribution in [2.24, 2.45) is 11.7 Å². The highest BCUT2D eigenvalue weighted by Crippen LogP contribution is 2.12. The number of nitrogens with zero attached hydrogens (tertiary/aromatic N) is 1. The lowest BCUT2D eigenvalue weighted by Gasteiger charge is -2.27. The van der Waals surface area contributed by atoms with Crippen LogP contribution in [0.15, 0.2) is 30.3 Å². The summed E-state index contributed by atoms with van der Waals surface area (Å²) in [4.78, 5) is 14.8. The van der Waals surface area contributed by atoms with Gasteiger partial charge in [0.25, 0.3) is 0 Å². The molecule has 0 aromatic heterocycles. The van der Waals surface area contributed by atoms with Crippen molar-refractivity contribution in [3.05, 3.63) is 35.9 Å². The van der Waals surface area contributed by atoms with Crippen molar-refractivity contribution in [2.45, 2.75) is 46.0 Å². The second-order valence-corrected chi connectivity index (χ2v) is 5.65. The summed E-state index contributed by atoms with van der Waals surface area (Å²) in [5.41, 5.74) is 7.06. The summed E-state index contributed by atoms with van der Waals surface area (Å²) in [5, 5.41) is 0. The van der Waals surface area contributed by atoms with E-state index in [-0.39, 0.29) is 11.8 Å². The minimum Gasteiger partial charge on any atom is -0.342 e. The number of benzene rings is 1. The van der Waals surface area contributed by atoms with Gasteiger partial charge in [0.05, 0.1) is 5.92 Å². The summed E-state index contributed by atoms with van der Waals surface area (Å²) in [6.07, 6.45) is 5.10. The van der Waals surface area contributed by atoms with Gasteiger partial charge < -0.3 is 10.6 Å². The molecule has 1 unspecified atom stereocenters. The number of nitrogens with two attached hydrogens (primary N) is 1. The fourth-order valence-electron chi connectivity index (χ4n) is 2.46. The smallest absolute Gasteiger partial charge is 0.227 e. The molecular formula is C18H30N2O. The Morgan fingerprint density at radius 1 is 1.10 bits per heavy atom. The minimum absolute atomic E-state index is 0.0962. The van der Waals surface area contributed by atoms with Gasteiger partial charge >= 0.3 is 0 Å². The van der Waals surface area contributed by atoms with Crippen molar-refractivity contribution in [3.63, 3.8) is 0 Å². The van der Waals surface area contributed by atoms with Crippen LogP contribution in [0.1, 0.15) is 45.1 Å². The molecule has 0 spiro atoms. The zero-order valence-electron chi connectivity index (χ0n) is 13.6. The molecule has 1 amide bonds. The fraction of sp³-hybridized carbons (Fsp3) is 0.611. The predicted molar refractivity (Wildman–Crippen MR) is 89.1 cm³/mol. The van der Waals surface area contributed by atoms with Crippen LogP contribution >= 0.6 is 0 Å². The number of unbranched alkanes of at least 4 members (excludes halogenated alkanes) is 2. The van der Waals surface area contributed by atoms with Crippen LogP contribution in [-0.2, 0) is 11.2 Å². The van der Waals surface area contributed by atoms with E-state index in [1.807, 2.05) is 23.1 Å². The summed E-state index contributed by atoms with van der Waals surface area (Å²) >= 11 is 0. The van der Waals surface area contributed by atoms with Gasteiger partial charge in [-0.15, -0.1) is 0 Å². The summed E-state index contributed by atoms with van der Waals surface area (Å²) in [6, 6.07) is 10.2. The maximum Gasteiger partial charge on any atom is 0.227 e. The molecule has 3 heteroatoms. The van der Waals surface area contributed by atoms with Gasteiger partial charge in [-0.25, -0.2) is 0 Å². The second-order valence-electron chi connectivity index (χ2n) is 5.65. The molecule has 0 heterocycles. The first-order valence-corrected chi connectivity index (χ1v) is 8.25. The van der Waals surface area contributed by atoms with Gasteiger partial charge in [-0.3, -0.25) is 4.79 Å². The van der Waals surface area contributed by atoms with E-state index in [2.05, 4.69) is 26.0 Å². The first-order valence-electron chi connectivity index (χ1n) is 8.25. The molecule has 118 valence electrons. The Hall–Kier alpha value is -1.35. The fourth-order valence-corrected chi connectivity index (χ4v) is 2.46. The Bertz CT molecular complexity index is 383. The molecule has 2 N–H and O–H groups in total. The molecule has 0 aliphatic carbocycles. The average Bonchev–Trinajstić information content (AvgIpc) is 2.53. The van der Waals surface area contributed by atoms with Gasteiger partial charge in [0.15, 0.2) is 0 Å². The van der Waals surface area contributed by atoms with Gasteiger partial charge in [0.2, 0.25) is 5.91 Å². The molecule has 1 atom stereocenters. The third kappa shape index (κ3) is 6.30. The zero-order chi connectivity index (χ0) is 15.5. The number of carbonyl (C=O) groups excluding carboxylic acids is 1. The van der Waals surface area contributed by atoms with E-state index in [0.29, 0.717) is 6.54 Å². The van der Waals surface area contributed by atoms with Crippen LogP contribution in [0.4, 0.5) is 0 Å². The first-order chi connectivity index (χ1) is 10.2. The summed E-state index contributed by atoms with van der Waals surface area (Å²) in [7, 11) is 0. The third-order valence-electron chi connectivity index (χ3n) is 3.83. The normalized spacial score (nSPS) is 12.1. The lowest BCUT2D eigenvalue weighted by molar-refractivity contribution is -0.135.